The van der Waals surface area contributed by atoms with E-state index in [9.17, 15) is 9.36 Å². The van der Waals surface area contributed by atoms with Gasteiger partial charge in [0.15, 0.2) is 0 Å². The van der Waals surface area contributed by atoms with Crippen LogP contribution in [0.3, 0.4) is 0 Å². The summed E-state index contributed by atoms with van der Waals surface area (Å²) in [6.07, 6.45) is 12.7. The van der Waals surface area contributed by atoms with E-state index < -0.39 is 26.0 Å². The SMILES string of the molecule is CCCCCCCCCCCCCCOC(=O)O[C@H](C)CP(=O)(O)O. The van der Waals surface area contributed by atoms with Gasteiger partial charge in [0.1, 0.15) is 6.10 Å². The Morgan fingerprint density at radius 2 is 1.32 bits per heavy atom. The number of hydrogen-bond donors (Lipinski definition) is 2. The second kappa shape index (κ2) is 15.7. The van der Waals surface area contributed by atoms with E-state index in [4.69, 9.17) is 19.3 Å². The zero-order chi connectivity index (χ0) is 19.0. The van der Waals surface area contributed by atoms with Crippen LogP contribution in [0.5, 0.6) is 0 Å². The van der Waals surface area contributed by atoms with Crippen LogP contribution in [0, 0.1) is 0 Å². The summed E-state index contributed by atoms with van der Waals surface area (Å²) in [6, 6.07) is 0. The standard InChI is InChI=1S/C18H37O6P/c1-3-4-5-6-7-8-9-10-11-12-13-14-15-23-18(19)24-17(2)16-25(20,21)22/h17H,3-16H2,1-2H3,(H2,20,21,22)/t17-/m1/s1. The lowest BCUT2D eigenvalue weighted by atomic mass is 10.1. The van der Waals surface area contributed by atoms with Crippen LogP contribution in [-0.4, -0.2) is 34.8 Å². The Morgan fingerprint density at radius 1 is 0.880 bits per heavy atom. The molecular weight excluding hydrogens is 343 g/mol. The average molecular weight is 380 g/mol. The summed E-state index contributed by atoms with van der Waals surface area (Å²) in [5.41, 5.74) is 0. The normalized spacial score (nSPS) is 12.8. The molecule has 0 heterocycles. The van der Waals surface area contributed by atoms with Crippen molar-refractivity contribution in [1.82, 2.24) is 0 Å². The van der Waals surface area contributed by atoms with Gasteiger partial charge >= 0.3 is 13.8 Å². The molecule has 6 nitrogen and oxygen atoms in total. The van der Waals surface area contributed by atoms with E-state index >= 15 is 0 Å². The van der Waals surface area contributed by atoms with Gasteiger partial charge in [0.25, 0.3) is 0 Å². The van der Waals surface area contributed by atoms with Crippen molar-refractivity contribution in [3.63, 3.8) is 0 Å². The maximum absolute atomic E-state index is 11.3. The van der Waals surface area contributed by atoms with Crippen LogP contribution in [-0.2, 0) is 14.0 Å². The van der Waals surface area contributed by atoms with Gasteiger partial charge < -0.3 is 19.3 Å². The van der Waals surface area contributed by atoms with Gasteiger partial charge in [-0.15, -0.1) is 0 Å². The molecule has 0 aliphatic heterocycles. The highest BCUT2D eigenvalue weighted by molar-refractivity contribution is 7.51. The van der Waals surface area contributed by atoms with Crippen LogP contribution in [0.2, 0.25) is 0 Å². The molecule has 1 atom stereocenters. The second-order valence-corrected chi connectivity index (χ2v) is 8.46. The van der Waals surface area contributed by atoms with Gasteiger partial charge in [-0.1, -0.05) is 77.6 Å². The van der Waals surface area contributed by atoms with Crippen molar-refractivity contribution in [2.24, 2.45) is 0 Å². The van der Waals surface area contributed by atoms with E-state index in [1.807, 2.05) is 0 Å². The Kier molecular flexibility index (Phi) is 15.3. The van der Waals surface area contributed by atoms with Gasteiger partial charge in [-0.2, -0.15) is 0 Å². The minimum absolute atomic E-state index is 0.291. The molecule has 0 aromatic rings. The second-order valence-electron chi connectivity index (χ2n) is 6.76. The summed E-state index contributed by atoms with van der Waals surface area (Å²) in [5, 5.41) is 0. The molecule has 0 unspecified atom stereocenters. The van der Waals surface area contributed by atoms with Crippen molar-refractivity contribution < 1.29 is 28.6 Å². The highest BCUT2D eigenvalue weighted by atomic mass is 31.2. The Bertz CT molecular complexity index is 369. The summed E-state index contributed by atoms with van der Waals surface area (Å²) in [5.74, 6) is 0. The average Bonchev–Trinajstić information content (AvgIpc) is 2.49. The molecular formula is C18H37O6P. The third kappa shape index (κ3) is 19.6. The Balaban J connectivity index is 3.32. The number of carbonyl (C=O) groups excluding carboxylic acids is 1. The first-order chi connectivity index (χ1) is 11.8. The molecule has 2 N–H and O–H groups in total. The van der Waals surface area contributed by atoms with Gasteiger partial charge in [-0.05, 0) is 13.3 Å². The van der Waals surface area contributed by atoms with Gasteiger partial charge in [0.2, 0.25) is 0 Å². The first-order valence-electron chi connectivity index (χ1n) is 9.73. The van der Waals surface area contributed by atoms with Crippen molar-refractivity contribution in [1.29, 1.82) is 0 Å². The van der Waals surface area contributed by atoms with E-state index in [2.05, 4.69) is 6.92 Å². The molecule has 0 spiro atoms. The van der Waals surface area contributed by atoms with E-state index in [1.165, 1.54) is 64.7 Å². The Morgan fingerprint density at radius 3 is 1.76 bits per heavy atom. The van der Waals surface area contributed by atoms with Crippen LogP contribution in [0.1, 0.15) is 90.9 Å². The number of ether oxygens (including phenoxy) is 2. The van der Waals surface area contributed by atoms with Crippen LogP contribution in [0.4, 0.5) is 4.79 Å². The molecule has 7 heteroatoms. The van der Waals surface area contributed by atoms with Crippen molar-refractivity contribution >= 4 is 13.8 Å². The van der Waals surface area contributed by atoms with Crippen LogP contribution >= 0.6 is 7.60 Å². The summed E-state index contributed by atoms with van der Waals surface area (Å²) < 4.78 is 20.5. The monoisotopic (exact) mass is 380 g/mol. The van der Waals surface area contributed by atoms with Gasteiger partial charge in [0, 0.05) is 0 Å². The van der Waals surface area contributed by atoms with Crippen LogP contribution in [0.25, 0.3) is 0 Å². The van der Waals surface area contributed by atoms with E-state index in [-0.39, 0.29) is 0 Å². The van der Waals surface area contributed by atoms with Gasteiger partial charge in [-0.25, -0.2) is 4.79 Å². The van der Waals surface area contributed by atoms with Crippen molar-refractivity contribution in [3.8, 4) is 0 Å². The van der Waals surface area contributed by atoms with Crippen molar-refractivity contribution in [2.75, 3.05) is 12.8 Å². The molecule has 0 aromatic carbocycles. The summed E-state index contributed by atoms with van der Waals surface area (Å²) in [6.45, 7) is 3.96. The molecule has 150 valence electrons. The summed E-state index contributed by atoms with van der Waals surface area (Å²) in [4.78, 5) is 28.9. The number of carbonyl (C=O) groups is 1. The summed E-state index contributed by atoms with van der Waals surface area (Å²) in [7, 11) is -4.17. The largest absolute Gasteiger partial charge is 0.508 e. The molecule has 0 amide bonds. The maximum Gasteiger partial charge on any atom is 0.508 e. The van der Waals surface area contributed by atoms with Crippen molar-refractivity contribution in [3.05, 3.63) is 0 Å². The molecule has 0 bridgehead atoms. The molecule has 0 saturated carbocycles. The zero-order valence-electron chi connectivity index (χ0n) is 16.0. The van der Waals surface area contributed by atoms with E-state index in [0.29, 0.717) is 6.61 Å². The first-order valence-corrected chi connectivity index (χ1v) is 11.5. The topological polar surface area (TPSA) is 93.1 Å². The number of unbranched alkanes of at least 4 members (excludes halogenated alkanes) is 11. The lowest BCUT2D eigenvalue weighted by molar-refractivity contribution is 0.0335. The van der Waals surface area contributed by atoms with E-state index in [1.54, 1.807) is 0 Å². The molecule has 0 fully saturated rings. The maximum atomic E-state index is 11.3. The quantitative estimate of drug-likeness (QED) is 0.211. The smallest absolute Gasteiger partial charge is 0.434 e. The van der Waals surface area contributed by atoms with Crippen LogP contribution in [0.15, 0.2) is 0 Å². The highest BCUT2D eigenvalue weighted by Crippen LogP contribution is 2.35. The minimum Gasteiger partial charge on any atom is -0.434 e. The first kappa shape index (κ1) is 24.4. The molecule has 0 aliphatic rings. The minimum atomic E-state index is -4.17. The van der Waals surface area contributed by atoms with Crippen molar-refractivity contribution in [2.45, 2.75) is 97.0 Å². The predicted octanol–water partition coefficient (Wildman–Crippen LogP) is 5.41. The fourth-order valence-corrected chi connectivity index (χ4v) is 3.41. The zero-order valence-corrected chi connectivity index (χ0v) is 16.8. The fourth-order valence-electron chi connectivity index (χ4n) is 2.67. The number of hydrogen-bond acceptors (Lipinski definition) is 4. The van der Waals surface area contributed by atoms with Gasteiger partial charge in [0.05, 0.1) is 12.8 Å². The number of rotatable bonds is 16. The molecule has 0 radical (unpaired) electrons. The van der Waals surface area contributed by atoms with Gasteiger partial charge in [-0.3, -0.25) is 4.57 Å². The Labute approximate surface area is 152 Å². The highest BCUT2D eigenvalue weighted by Gasteiger charge is 2.21. The lowest BCUT2D eigenvalue weighted by Crippen LogP contribution is -2.19. The molecule has 25 heavy (non-hydrogen) atoms. The third-order valence-electron chi connectivity index (χ3n) is 4.01. The molecule has 0 aliphatic carbocycles. The Hall–Kier alpha value is -0.580. The fraction of sp³-hybridized carbons (Fsp3) is 0.944. The predicted molar refractivity (Wildman–Crippen MR) is 99.9 cm³/mol. The van der Waals surface area contributed by atoms with Crippen LogP contribution < -0.4 is 0 Å². The molecule has 0 rings (SSSR count). The van der Waals surface area contributed by atoms with E-state index in [0.717, 1.165) is 19.3 Å². The summed E-state index contributed by atoms with van der Waals surface area (Å²) >= 11 is 0. The molecule has 0 saturated heterocycles. The lowest BCUT2D eigenvalue weighted by Gasteiger charge is -2.13. The molecule has 0 aromatic heterocycles. The third-order valence-corrected chi connectivity index (χ3v) is 5.00.